The Morgan fingerprint density at radius 2 is 0.800 bits per heavy atom. The minimum absolute atomic E-state index is 0.833. The lowest BCUT2D eigenvalue weighted by atomic mass is 10.4. The molecule has 4 N–H and O–H groups in total. The first-order valence-electron chi connectivity index (χ1n) is 5.14. The Labute approximate surface area is 118 Å². The molecule has 0 bridgehead atoms. The predicted molar refractivity (Wildman–Crippen MR) is 78.4 cm³/mol. The Hall–Kier alpha value is -2.44. The zero-order valence-electron chi connectivity index (χ0n) is 11.6. The molecule has 1 aromatic carbocycles. The van der Waals surface area contributed by atoms with E-state index in [0.717, 1.165) is 26.4 Å². The quantitative estimate of drug-likeness (QED) is 0.611. The number of hydrogen-bond donors (Lipinski definition) is 4. The molecule has 0 spiro atoms. The van der Waals surface area contributed by atoms with Crippen LogP contribution in [0.1, 0.15) is 0 Å². The summed E-state index contributed by atoms with van der Waals surface area (Å²) in [5, 5.41) is 29.2. The van der Waals surface area contributed by atoms with Gasteiger partial charge in [0.15, 0.2) is 0 Å². The van der Waals surface area contributed by atoms with Crippen LogP contribution in [-0.4, -0.2) is 46.6 Å². The van der Waals surface area contributed by atoms with Gasteiger partial charge in [-0.2, -0.15) is 0 Å². The summed E-state index contributed by atoms with van der Waals surface area (Å²) in [6, 6.07) is 12.0. The van der Waals surface area contributed by atoms with Crippen molar-refractivity contribution >= 4 is 11.9 Å². The van der Waals surface area contributed by atoms with Gasteiger partial charge in [0.1, 0.15) is 0 Å². The molecule has 0 atom stereocenters. The normalized spacial score (nSPS) is 6.20. The van der Waals surface area contributed by atoms with Crippen molar-refractivity contribution in [3.63, 3.8) is 0 Å². The van der Waals surface area contributed by atoms with Crippen molar-refractivity contribution in [2.75, 3.05) is 14.2 Å². The second-order valence-corrected chi connectivity index (χ2v) is 2.24. The van der Waals surface area contributed by atoms with E-state index in [1.54, 1.807) is 0 Å². The number of benzene rings is 1. The van der Waals surface area contributed by atoms with Gasteiger partial charge in [-0.05, 0) is 0 Å². The van der Waals surface area contributed by atoms with Crippen LogP contribution in [0.15, 0.2) is 61.7 Å². The first-order valence-corrected chi connectivity index (χ1v) is 5.14. The van der Waals surface area contributed by atoms with Crippen molar-refractivity contribution in [3.05, 3.63) is 61.7 Å². The van der Waals surface area contributed by atoms with Crippen LogP contribution in [0.4, 0.5) is 0 Å². The Bertz CT molecular complexity index is 277. The molecular formula is C14H22O6. The van der Waals surface area contributed by atoms with E-state index in [-0.39, 0.29) is 0 Å². The van der Waals surface area contributed by atoms with Crippen LogP contribution in [0.25, 0.3) is 0 Å². The molecule has 0 heterocycles. The summed E-state index contributed by atoms with van der Waals surface area (Å²) in [5.74, 6) is -1.96. The molecule has 0 radical (unpaired) electrons. The summed E-state index contributed by atoms with van der Waals surface area (Å²) in [6.07, 6.45) is 1.67. The van der Waals surface area contributed by atoms with Crippen LogP contribution in [0.3, 0.4) is 0 Å². The zero-order valence-corrected chi connectivity index (χ0v) is 11.6. The Morgan fingerprint density at radius 3 is 0.850 bits per heavy atom. The summed E-state index contributed by atoms with van der Waals surface area (Å²) in [6.45, 7) is 5.92. The highest BCUT2D eigenvalue weighted by molar-refractivity contribution is 5.79. The molecule has 0 amide bonds. The van der Waals surface area contributed by atoms with Gasteiger partial charge in [-0.25, -0.2) is 9.59 Å². The predicted octanol–water partition coefficient (Wildman–Crippen LogP) is 1.42. The number of aliphatic carboxylic acids is 2. The van der Waals surface area contributed by atoms with Gasteiger partial charge in [0, 0.05) is 26.4 Å². The molecule has 114 valence electrons. The molecule has 1 aromatic rings. The smallest absolute Gasteiger partial charge is 0.327 e. The van der Waals surface area contributed by atoms with Crippen LogP contribution >= 0.6 is 0 Å². The third-order valence-electron chi connectivity index (χ3n) is 1.02. The van der Waals surface area contributed by atoms with Gasteiger partial charge in [0.25, 0.3) is 0 Å². The van der Waals surface area contributed by atoms with Crippen LogP contribution in [-0.2, 0) is 9.59 Å². The first-order chi connectivity index (χ1) is 9.54. The molecule has 0 unspecified atom stereocenters. The largest absolute Gasteiger partial charge is 0.478 e. The summed E-state index contributed by atoms with van der Waals surface area (Å²) >= 11 is 0. The minimum atomic E-state index is -0.981. The molecule has 20 heavy (non-hydrogen) atoms. The molecule has 0 saturated carbocycles. The van der Waals surface area contributed by atoms with E-state index in [9.17, 15) is 9.59 Å². The number of hydrogen-bond acceptors (Lipinski definition) is 4. The number of carboxylic acid groups (broad SMARTS) is 2. The molecule has 1 rings (SSSR count). The topological polar surface area (TPSA) is 115 Å². The molecule has 0 aliphatic rings. The highest BCUT2D eigenvalue weighted by Crippen LogP contribution is 1.79. The van der Waals surface area contributed by atoms with Gasteiger partial charge in [0.2, 0.25) is 0 Å². The van der Waals surface area contributed by atoms with E-state index in [2.05, 4.69) is 13.2 Å². The van der Waals surface area contributed by atoms with Crippen LogP contribution in [0.2, 0.25) is 0 Å². The Balaban J connectivity index is -0.0000000858. The van der Waals surface area contributed by atoms with Crippen LogP contribution in [0.5, 0.6) is 0 Å². The van der Waals surface area contributed by atoms with Gasteiger partial charge in [-0.1, -0.05) is 49.6 Å². The van der Waals surface area contributed by atoms with E-state index in [4.69, 9.17) is 20.4 Å². The van der Waals surface area contributed by atoms with Crippen molar-refractivity contribution in [2.24, 2.45) is 0 Å². The van der Waals surface area contributed by atoms with Gasteiger partial charge in [-0.3, -0.25) is 0 Å². The highest BCUT2D eigenvalue weighted by atomic mass is 16.4. The second kappa shape index (κ2) is 30.0. The molecular weight excluding hydrogens is 264 g/mol. The summed E-state index contributed by atoms with van der Waals surface area (Å²) in [7, 11) is 2.00. The average Bonchev–Trinajstić information content (AvgIpc) is 2.54. The van der Waals surface area contributed by atoms with Crippen molar-refractivity contribution in [1.29, 1.82) is 0 Å². The van der Waals surface area contributed by atoms with E-state index >= 15 is 0 Å². The molecule has 0 aliphatic carbocycles. The minimum Gasteiger partial charge on any atom is -0.478 e. The van der Waals surface area contributed by atoms with Crippen molar-refractivity contribution in [1.82, 2.24) is 0 Å². The molecule has 0 saturated heterocycles. The van der Waals surface area contributed by atoms with Crippen LogP contribution < -0.4 is 0 Å². The number of carbonyl (C=O) groups is 2. The third-order valence-corrected chi connectivity index (χ3v) is 1.02. The fourth-order valence-corrected chi connectivity index (χ4v) is 0.385. The van der Waals surface area contributed by atoms with Crippen molar-refractivity contribution < 1.29 is 30.0 Å². The van der Waals surface area contributed by atoms with Crippen molar-refractivity contribution in [2.45, 2.75) is 0 Å². The second-order valence-electron chi connectivity index (χ2n) is 2.24. The van der Waals surface area contributed by atoms with E-state index in [1.807, 2.05) is 36.4 Å². The van der Waals surface area contributed by atoms with Gasteiger partial charge in [-0.15, -0.1) is 0 Å². The summed E-state index contributed by atoms with van der Waals surface area (Å²) in [5.41, 5.74) is 0. The van der Waals surface area contributed by atoms with E-state index < -0.39 is 11.9 Å². The number of rotatable bonds is 2. The zero-order chi connectivity index (χ0) is 16.8. The lowest BCUT2D eigenvalue weighted by Gasteiger charge is -1.69. The van der Waals surface area contributed by atoms with Gasteiger partial charge >= 0.3 is 11.9 Å². The fraction of sp³-hybridized carbons (Fsp3) is 0.143. The number of aliphatic hydroxyl groups excluding tert-OH is 2. The molecule has 0 aromatic heterocycles. The molecule has 0 aliphatic heterocycles. The monoisotopic (exact) mass is 286 g/mol. The molecule has 0 fully saturated rings. The average molecular weight is 286 g/mol. The van der Waals surface area contributed by atoms with Crippen molar-refractivity contribution in [3.8, 4) is 0 Å². The summed E-state index contributed by atoms with van der Waals surface area (Å²) in [4.78, 5) is 18.5. The maximum atomic E-state index is 9.25. The number of aliphatic hydroxyl groups is 2. The molecule has 6 nitrogen and oxygen atoms in total. The molecule has 6 heteroatoms. The van der Waals surface area contributed by atoms with E-state index in [0.29, 0.717) is 0 Å². The fourth-order valence-electron chi connectivity index (χ4n) is 0.385. The lowest BCUT2D eigenvalue weighted by Crippen LogP contribution is -1.82. The first kappa shape index (κ1) is 26.2. The van der Waals surface area contributed by atoms with Crippen LogP contribution in [0, 0.1) is 0 Å². The summed E-state index contributed by atoms with van der Waals surface area (Å²) < 4.78 is 0. The Kier molecular flexibility index (Phi) is 39.3. The Morgan fingerprint density at radius 1 is 0.700 bits per heavy atom. The third kappa shape index (κ3) is 57.7. The lowest BCUT2D eigenvalue weighted by molar-refractivity contribution is -0.132. The SMILES string of the molecule is C=CC(=O)O.C=CC(=O)O.CO.CO.c1ccccc1. The maximum absolute atomic E-state index is 9.25. The highest BCUT2D eigenvalue weighted by Gasteiger charge is 1.73. The van der Waals surface area contributed by atoms with Gasteiger partial charge in [0.05, 0.1) is 0 Å². The van der Waals surface area contributed by atoms with E-state index in [1.165, 1.54) is 0 Å². The van der Waals surface area contributed by atoms with Gasteiger partial charge < -0.3 is 20.4 Å². The maximum Gasteiger partial charge on any atom is 0.327 e. The standard InChI is InChI=1S/C6H6.2C3H4O2.2CH4O/c1-2-4-6-5-3-1;2*1-2-3(4)5;2*1-2/h1-6H;2*2H,1H2,(H,4,5);2*2H,1H3. The number of carboxylic acids is 2.